The smallest absolute Gasteiger partial charge is 0.321 e. The van der Waals surface area contributed by atoms with Gasteiger partial charge in [-0.3, -0.25) is 0 Å². The lowest BCUT2D eigenvalue weighted by molar-refractivity contribution is 0.208. The lowest BCUT2D eigenvalue weighted by atomic mass is 10.1. The first kappa shape index (κ1) is 19.7. The summed E-state index contributed by atoms with van der Waals surface area (Å²) >= 11 is 5.77. The standard InChI is InChI=1S/C20H24ClFN6O/c21-16-14-15(4-5-17(16)22)23-20(29)28-12-10-27(11-13-28)19-7-6-18(24-25-19)26-8-2-1-3-9-26/h4-7,14H,1-3,8-13H2,(H,23,29). The molecular formula is C20H24ClFN6O. The Morgan fingerprint density at radius 1 is 0.897 bits per heavy atom. The number of nitrogens with one attached hydrogen (secondary N) is 1. The summed E-state index contributed by atoms with van der Waals surface area (Å²) in [6.45, 7) is 4.57. The van der Waals surface area contributed by atoms with E-state index in [1.54, 1.807) is 4.90 Å². The van der Waals surface area contributed by atoms with Crippen LogP contribution in [0.5, 0.6) is 0 Å². The maximum atomic E-state index is 13.3. The van der Waals surface area contributed by atoms with Crippen LogP contribution in [0.3, 0.4) is 0 Å². The number of carbonyl (C=O) groups is 1. The van der Waals surface area contributed by atoms with E-state index in [0.717, 1.165) is 24.7 Å². The highest BCUT2D eigenvalue weighted by molar-refractivity contribution is 6.31. The van der Waals surface area contributed by atoms with Crippen molar-refractivity contribution in [2.24, 2.45) is 0 Å². The van der Waals surface area contributed by atoms with Crippen molar-refractivity contribution in [3.05, 3.63) is 41.2 Å². The van der Waals surface area contributed by atoms with E-state index >= 15 is 0 Å². The second-order valence-corrected chi connectivity index (χ2v) is 7.74. The maximum absolute atomic E-state index is 13.3. The van der Waals surface area contributed by atoms with Gasteiger partial charge < -0.3 is 20.0 Å². The van der Waals surface area contributed by atoms with E-state index in [9.17, 15) is 9.18 Å². The predicted molar refractivity (Wildman–Crippen MR) is 112 cm³/mol. The highest BCUT2D eigenvalue weighted by Crippen LogP contribution is 2.21. The van der Waals surface area contributed by atoms with Crippen molar-refractivity contribution in [2.45, 2.75) is 19.3 Å². The molecule has 2 fully saturated rings. The fourth-order valence-electron chi connectivity index (χ4n) is 3.69. The van der Waals surface area contributed by atoms with E-state index in [2.05, 4.69) is 25.3 Å². The van der Waals surface area contributed by atoms with Gasteiger partial charge in [-0.2, -0.15) is 0 Å². The molecular weight excluding hydrogens is 395 g/mol. The number of urea groups is 1. The van der Waals surface area contributed by atoms with Gasteiger partial charge in [0.25, 0.3) is 0 Å². The second kappa shape index (κ2) is 8.82. The zero-order valence-corrected chi connectivity index (χ0v) is 16.9. The quantitative estimate of drug-likeness (QED) is 0.824. The summed E-state index contributed by atoms with van der Waals surface area (Å²) in [7, 11) is 0. The number of piperazine rings is 1. The molecule has 2 aliphatic rings. The molecule has 0 unspecified atom stereocenters. The van der Waals surface area contributed by atoms with Crippen LogP contribution in [-0.2, 0) is 0 Å². The topological polar surface area (TPSA) is 64.6 Å². The highest BCUT2D eigenvalue weighted by atomic mass is 35.5. The summed E-state index contributed by atoms with van der Waals surface area (Å²) in [6, 6.07) is 7.96. The van der Waals surface area contributed by atoms with Crippen molar-refractivity contribution in [2.75, 3.05) is 54.4 Å². The molecule has 2 saturated heterocycles. The van der Waals surface area contributed by atoms with Crippen LogP contribution in [0.15, 0.2) is 30.3 Å². The van der Waals surface area contributed by atoms with Gasteiger partial charge in [0, 0.05) is 45.0 Å². The lowest BCUT2D eigenvalue weighted by Crippen LogP contribution is -2.50. The van der Waals surface area contributed by atoms with Crippen LogP contribution < -0.4 is 15.1 Å². The van der Waals surface area contributed by atoms with E-state index in [4.69, 9.17) is 11.6 Å². The Balaban J connectivity index is 1.30. The minimum absolute atomic E-state index is 0.0146. The largest absolute Gasteiger partial charge is 0.355 e. The number of halogens is 2. The number of amides is 2. The van der Waals surface area contributed by atoms with E-state index in [1.807, 2.05) is 12.1 Å². The van der Waals surface area contributed by atoms with E-state index in [-0.39, 0.29) is 11.1 Å². The normalized spacial score (nSPS) is 17.4. The van der Waals surface area contributed by atoms with Crippen molar-refractivity contribution in [1.82, 2.24) is 15.1 Å². The number of hydrogen-bond donors (Lipinski definition) is 1. The Morgan fingerprint density at radius 3 is 2.10 bits per heavy atom. The molecule has 29 heavy (non-hydrogen) atoms. The predicted octanol–water partition coefficient (Wildman–Crippen LogP) is 3.61. The second-order valence-electron chi connectivity index (χ2n) is 7.33. The van der Waals surface area contributed by atoms with E-state index in [1.165, 1.54) is 37.5 Å². The Labute approximate surface area is 174 Å². The Bertz CT molecular complexity index is 851. The van der Waals surface area contributed by atoms with Crippen LogP contribution in [0.4, 0.5) is 26.5 Å². The molecule has 4 rings (SSSR count). The molecule has 2 amide bonds. The van der Waals surface area contributed by atoms with Crippen molar-refractivity contribution in [3.63, 3.8) is 0 Å². The first-order valence-corrected chi connectivity index (χ1v) is 10.3. The van der Waals surface area contributed by atoms with E-state index < -0.39 is 5.82 Å². The molecule has 0 aliphatic carbocycles. The Hall–Kier alpha value is -2.61. The van der Waals surface area contributed by atoms with E-state index in [0.29, 0.717) is 31.9 Å². The number of piperidine rings is 1. The number of hydrogen-bond acceptors (Lipinski definition) is 5. The first-order chi connectivity index (χ1) is 14.1. The minimum Gasteiger partial charge on any atom is -0.355 e. The molecule has 9 heteroatoms. The van der Waals surface area contributed by atoms with Crippen LogP contribution >= 0.6 is 11.6 Å². The molecule has 1 N–H and O–H groups in total. The van der Waals surface area contributed by atoms with Gasteiger partial charge in [-0.05, 0) is 49.6 Å². The van der Waals surface area contributed by atoms with Gasteiger partial charge in [-0.15, -0.1) is 10.2 Å². The lowest BCUT2D eigenvalue weighted by Gasteiger charge is -2.35. The molecule has 7 nitrogen and oxygen atoms in total. The molecule has 154 valence electrons. The third-order valence-corrected chi connectivity index (χ3v) is 5.67. The number of carbonyl (C=O) groups excluding carboxylic acids is 1. The third kappa shape index (κ3) is 4.70. The summed E-state index contributed by atoms with van der Waals surface area (Å²) in [5.74, 6) is 1.26. The Morgan fingerprint density at radius 2 is 1.52 bits per heavy atom. The molecule has 0 bridgehead atoms. The summed E-state index contributed by atoms with van der Waals surface area (Å²) in [6.07, 6.45) is 3.70. The van der Waals surface area contributed by atoms with Crippen LogP contribution in [0.2, 0.25) is 5.02 Å². The Kier molecular flexibility index (Phi) is 5.99. The summed E-state index contributed by atoms with van der Waals surface area (Å²) in [5, 5.41) is 11.5. The zero-order chi connectivity index (χ0) is 20.2. The number of rotatable bonds is 3. The molecule has 0 saturated carbocycles. The van der Waals surface area contributed by atoms with Crippen molar-refractivity contribution >= 4 is 35.0 Å². The zero-order valence-electron chi connectivity index (χ0n) is 16.2. The third-order valence-electron chi connectivity index (χ3n) is 5.38. The SMILES string of the molecule is O=C(Nc1ccc(F)c(Cl)c1)N1CCN(c2ccc(N3CCCCC3)nn2)CC1. The highest BCUT2D eigenvalue weighted by Gasteiger charge is 2.23. The van der Waals surface area contributed by atoms with Crippen molar-refractivity contribution in [3.8, 4) is 0 Å². The monoisotopic (exact) mass is 418 g/mol. The number of benzene rings is 1. The molecule has 0 spiro atoms. The van der Waals surface area contributed by atoms with Gasteiger partial charge in [0.2, 0.25) is 0 Å². The fourth-order valence-corrected chi connectivity index (χ4v) is 3.87. The summed E-state index contributed by atoms with van der Waals surface area (Å²) < 4.78 is 13.3. The number of anilines is 3. The molecule has 1 aromatic heterocycles. The van der Waals surface area contributed by atoms with Crippen molar-refractivity contribution in [1.29, 1.82) is 0 Å². The number of nitrogens with zero attached hydrogens (tertiary/aromatic N) is 5. The molecule has 0 radical (unpaired) electrons. The maximum Gasteiger partial charge on any atom is 0.321 e. The van der Waals surface area contributed by atoms with Gasteiger partial charge >= 0.3 is 6.03 Å². The molecule has 2 aliphatic heterocycles. The van der Waals surface area contributed by atoms with Gasteiger partial charge in [0.05, 0.1) is 5.02 Å². The van der Waals surface area contributed by atoms with Crippen LogP contribution in [0.1, 0.15) is 19.3 Å². The summed E-state index contributed by atoms with van der Waals surface area (Å²) in [5.41, 5.74) is 0.475. The van der Waals surface area contributed by atoms with Crippen LogP contribution in [0, 0.1) is 5.82 Å². The average Bonchev–Trinajstić information content (AvgIpc) is 2.77. The van der Waals surface area contributed by atoms with Gasteiger partial charge in [-0.1, -0.05) is 11.6 Å². The number of aromatic nitrogens is 2. The molecule has 3 heterocycles. The fraction of sp³-hybridized carbons (Fsp3) is 0.450. The van der Waals surface area contributed by atoms with Gasteiger partial charge in [0.15, 0.2) is 11.6 Å². The van der Waals surface area contributed by atoms with Crippen LogP contribution in [0.25, 0.3) is 0 Å². The molecule has 0 atom stereocenters. The van der Waals surface area contributed by atoms with Crippen LogP contribution in [-0.4, -0.2) is 60.4 Å². The van der Waals surface area contributed by atoms with Gasteiger partial charge in [0.1, 0.15) is 5.82 Å². The van der Waals surface area contributed by atoms with Crippen molar-refractivity contribution < 1.29 is 9.18 Å². The minimum atomic E-state index is -0.509. The average molecular weight is 419 g/mol. The molecule has 1 aromatic carbocycles. The first-order valence-electron chi connectivity index (χ1n) is 9.95. The molecule has 2 aromatic rings. The summed E-state index contributed by atoms with van der Waals surface area (Å²) in [4.78, 5) is 18.6. The van der Waals surface area contributed by atoms with Gasteiger partial charge in [-0.25, -0.2) is 9.18 Å².